The SMILES string of the molecule is C[C@@H]1CCC[C@@H](OC(=O)c2csc([C@H]3CCCO3)n2)C1. The highest BCUT2D eigenvalue weighted by molar-refractivity contribution is 7.09. The first-order valence-corrected chi connectivity index (χ1v) is 8.38. The maximum absolute atomic E-state index is 12.1. The summed E-state index contributed by atoms with van der Waals surface area (Å²) in [5.41, 5.74) is 0.443. The predicted octanol–water partition coefficient (Wildman–Crippen LogP) is 3.73. The molecular weight excluding hydrogens is 274 g/mol. The summed E-state index contributed by atoms with van der Waals surface area (Å²) in [5, 5.41) is 2.71. The molecular formula is C15H21NO3S. The molecule has 0 aromatic carbocycles. The Kier molecular flexibility index (Phi) is 4.36. The second kappa shape index (κ2) is 6.22. The molecule has 0 spiro atoms. The maximum Gasteiger partial charge on any atom is 0.358 e. The predicted molar refractivity (Wildman–Crippen MR) is 76.9 cm³/mol. The Balaban J connectivity index is 1.59. The number of hydrogen-bond donors (Lipinski definition) is 0. The quantitative estimate of drug-likeness (QED) is 0.797. The van der Waals surface area contributed by atoms with Gasteiger partial charge in [-0.3, -0.25) is 0 Å². The molecule has 1 aromatic heterocycles. The van der Waals surface area contributed by atoms with E-state index >= 15 is 0 Å². The standard InChI is InChI=1S/C15H21NO3S/c1-10-4-2-5-11(8-10)19-15(17)12-9-20-14(16-12)13-6-3-7-18-13/h9-11,13H,2-8H2,1H3/t10-,11-,13-/m1/s1. The highest BCUT2D eigenvalue weighted by Gasteiger charge is 2.26. The van der Waals surface area contributed by atoms with Crippen molar-refractivity contribution < 1.29 is 14.3 Å². The van der Waals surface area contributed by atoms with E-state index in [1.165, 1.54) is 17.8 Å². The molecule has 1 aliphatic carbocycles. The molecule has 4 nitrogen and oxygen atoms in total. The number of esters is 1. The number of aromatic nitrogens is 1. The maximum atomic E-state index is 12.1. The molecule has 0 N–H and O–H groups in total. The number of hydrogen-bond acceptors (Lipinski definition) is 5. The van der Waals surface area contributed by atoms with E-state index in [2.05, 4.69) is 11.9 Å². The van der Waals surface area contributed by atoms with Gasteiger partial charge >= 0.3 is 5.97 Å². The Bertz CT molecular complexity index is 467. The van der Waals surface area contributed by atoms with Crippen LogP contribution in [0.1, 0.15) is 67.0 Å². The normalized spacial score (nSPS) is 30.4. The molecule has 2 aliphatic rings. The van der Waals surface area contributed by atoms with Crippen molar-refractivity contribution in [3.63, 3.8) is 0 Å². The minimum atomic E-state index is -0.274. The highest BCUT2D eigenvalue weighted by Crippen LogP contribution is 2.31. The van der Waals surface area contributed by atoms with Gasteiger partial charge in [-0.05, 0) is 38.0 Å². The molecule has 3 atom stereocenters. The Morgan fingerprint density at radius 1 is 1.40 bits per heavy atom. The lowest BCUT2D eigenvalue weighted by Crippen LogP contribution is -2.24. The van der Waals surface area contributed by atoms with Crippen LogP contribution in [0.15, 0.2) is 5.38 Å². The number of ether oxygens (including phenoxy) is 2. The van der Waals surface area contributed by atoms with Crippen LogP contribution in [0.4, 0.5) is 0 Å². The summed E-state index contributed by atoms with van der Waals surface area (Å²) in [6.45, 7) is 3.02. The van der Waals surface area contributed by atoms with Crippen LogP contribution in [0.5, 0.6) is 0 Å². The average Bonchev–Trinajstić information content (AvgIpc) is 3.10. The lowest BCUT2D eigenvalue weighted by Gasteiger charge is -2.26. The van der Waals surface area contributed by atoms with E-state index in [0.29, 0.717) is 11.6 Å². The largest absolute Gasteiger partial charge is 0.458 e. The van der Waals surface area contributed by atoms with E-state index in [-0.39, 0.29) is 18.2 Å². The Morgan fingerprint density at radius 3 is 3.05 bits per heavy atom. The summed E-state index contributed by atoms with van der Waals surface area (Å²) >= 11 is 1.50. The fourth-order valence-electron chi connectivity index (χ4n) is 3.00. The van der Waals surface area contributed by atoms with Crippen LogP contribution in [0.2, 0.25) is 0 Å². The second-order valence-corrected chi connectivity index (χ2v) is 6.76. The zero-order chi connectivity index (χ0) is 13.9. The highest BCUT2D eigenvalue weighted by atomic mass is 32.1. The third-order valence-electron chi connectivity index (χ3n) is 4.10. The third-order valence-corrected chi connectivity index (χ3v) is 5.03. The van der Waals surface area contributed by atoms with E-state index in [4.69, 9.17) is 9.47 Å². The van der Waals surface area contributed by atoms with Crippen LogP contribution in [0, 0.1) is 5.92 Å². The fourth-order valence-corrected chi connectivity index (χ4v) is 3.87. The van der Waals surface area contributed by atoms with E-state index < -0.39 is 0 Å². The molecule has 2 heterocycles. The van der Waals surface area contributed by atoms with Gasteiger partial charge in [-0.25, -0.2) is 9.78 Å². The molecule has 0 radical (unpaired) electrons. The van der Waals surface area contributed by atoms with Gasteiger partial charge in [0.05, 0.1) is 0 Å². The van der Waals surface area contributed by atoms with E-state index in [9.17, 15) is 4.79 Å². The first-order chi connectivity index (χ1) is 9.72. The minimum Gasteiger partial charge on any atom is -0.458 e. The minimum absolute atomic E-state index is 0.0686. The zero-order valence-electron chi connectivity index (χ0n) is 11.8. The van der Waals surface area contributed by atoms with Crippen LogP contribution >= 0.6 is 11.3 Å². The van der Waals surface area contributed by atoms with Gasteiger partial charge in [0.2, 0.25) is 0 Å². The summed E-state index contributed by atoms with van der Waals surface area (Å²) in [4.78, 5) is 16.5. The van der Waals surface area contributed by atoms with Crippen LogP contribution < -0.4 is 0 Å². The van der Waals surface area contributed by atoms with Gasteiger partial charge < -0.3 is 9.47 Å². The Hall–Kier alpha value is -0.940. The first-order valence-electron chi connectivity index (χ1n) is 7.50. The summed E-state index contributed by atoms with van der Waals surface area (Å²) in [6.07, 6.45) is 6.58. The Labute approximate surface area is 123 Å². The second-order valence-electron chi connectivity index (χ2n) is 5.87. The van der Waals surface area contributed by atoms with Crippen LogP contribution in [-0.4, -0.2) is 23.7 Å². The summed E-state index contributed by atoms with van der Waals surface area (Å²) < 4.78 is 11.2. The fraction of sp³-hybridized carbons (Fsp3) is 0.733. The molecule has 5 heteroatoms. The van der Waals surface area contributed by atoms with Gasteiger partial charge in [-0.2, -0.15) is 0 Å². The topological polar surface area (TPSA) is 48.4 Å². The van der Waals surface area contributed by atoms with E-state index in [1.54, 1.807) is 5.38 Å². The molecule has 0 amide bonds. The van der Waals surface area contributed by atoms with Crippen molar-refractivity contribution in [2.24, 2.45) is 5.92 Å². The molecule has 1 saturated heterocycles. The molecule has 1 aromatic rings. The molecule has 1 saturated carbocycles. The van der Waals surface area contributed by atoms with Gasteiger partial charge in [0.15, 0.2) is 5.69 Å². The smallest absolute Gasteiger partial charge is 0.358 e. The monoisotopic (exact) mass is 295 g/mol. The van der Waals surface area contributed by atoms with Crippen molar-refractivity contribution in [1.82, 2.24) is 4.98 Å². The summed E-state index contributed by atoms with van der Waals surface area (Å²) in [7, 11) is 0. The third kappa shape index (κ3) is 3.20. The number of rotatable bonds is 3. The Morgan fingerprint density at radius 2 is 2.30 bits per heavy atom. The van der Waals surface area contributed by atoms with Gasteiger partial charge in [0, 0.05) is 12.0 Å². The van der Waals surface area contributed by atoms with Crippen LogP contribution in [-0.2, 0) is 9.47 Å². The zero-order valence-corrected chi connectivity index (χ0v) is 12.7. The summed E-state index contributed by atoms with van der Waals surface area (Å²) in [5.74, 6) is 0.379. The van der Waals surface area contributed by atoms with Crippen molar-refractivity contribution in [2.45, 2.75) is 57.7 Å². The van der Waals surface area contributed by atoms with Gasteiger partial charge in [-0.1, -0.05) is 13.3 Å². The lowest BCUT2D eigenvalue weighted by molar-refractivity contribution is 0.0149. The van der Waals surface area contributed by atoms with Gasteiger partial charge in [0.1, 0.15) is 17.2 Å². The molecule has 110 valence electrons. The molecule has 2 fully saturated rings. The van der Waals surface area contributed by atoms with E-state index in [0.717, 1.165) is 43.7 Å². The molecule has 0 unspecified atom stereocenters. The van der Waals surface area contributed by atoms with Gasteiger partial charge in [0.25, 0.3) is 0 Å². The van der Waals surface area contributed by atoms with Crippen molar-refractivity contribution in [1.29, 1.82) is 0 Å². The number of nitrogens with zero attached hydrogens (tertiary/aromatic N) is 1. The van der Waals surface area contributed by atoms with Crippen molar-refractivity contribution >= 4 is 17.3 Å². The van der Waals surface area contributed by atoms with Crippen LogP contribution in [0.25, 0.3) is 0 Å². The summed E-state index contributed by atoms with van der Waals surface area (Å²) in [6, 6.07) is 0. The number of carbonyl (C=O) groups excluding carboxylic acids is 1. The van der Waals surface area contributed by atoms with Gasteiger partial charge in [-0.15, -0.1) is 11.3 Å². The van der Waals surface area contributed by atoms with Crippen LogP contribution in [0.3, 0.4) is 0 Å². The lowest BCUT2D eigenvalue weighted by atomic mass is 9.89. The number of thiazole rings is 1. The molecule has 3 rings (SSSR count). The number of carbonyl (C=O) groups is 1. The van der Waals surface area contributed by atoms with Crippen molar-refractivity contribution in [3.8, 4) is 0 Å². The molecule has 1 aliphatic heterocycles. The van der Waals surface area contributed by atoms with Crippen molar-refractivity contribution in [2.75, 3.05) is 6.61 Å². The van der Waals surface area contributed by atoms with Crippen molar-refractivity contribution in [3.05, 3.63) is 16.1 Å². The average molecular weight is 295 g/mol. The first kappa shape index (κ1) is 14.0. The van der Waals surface area contributed by atoms with E-state index in [1.807, 2.05) is 0 Å². The molecule has 0 bridgehead atoms. The molecule has 20 heavy (non-hydrogen) atoms.